The van der Waals surface area contributed by atoms with Gasteiger partial charge in [0.05, 0.1) is 17.5 Å². The van der Waals surface area contributed by atoms with E-state index in [1.807, 2.05) is 0 Å². The molecule has 28 heavy (non-hydrogen) atoms. The Labute approximate surface area is 155 Å². The van der Waals surface area contributed by atoms with Gasteiger partial charge in [-0.3, -0.25) is 9.89 Å². The van der Waals surface area contributed by atoms with Gasteiger partial charge in [-0.15, -0.1) is 0 Å². The van der Waals surface area contributed by atoms with Gasteiger partial charge in [0.25, 0.3) is 0 Å². The average molecular weight is 406 g/mol. The number of aromatic nitrogens is 2. The van der Waals surface area contributed by atoms with Crippen molar-refractivity contribution in [2.75, 3.05) is 5.73 Å². The zero-order valence-corrected chi connectivity index (χ0v) is 14.3. The number of aromatic amines is 1. The second-order valence-corrected chi connectivity index (χ2v) is 6.77. The Hall–Kier alpha value is -2.72. The van der Waals surface area contributed by atoms with Gasteiger partial charge < -0.3 is 11.1 Å². The number of nitrogens with zero attached hydrogens (tertiary/aromatic N) is 1. The van der Waals surface area contributed by atoms with Gasteiger partial charge in [-0.05, 0) is 36.6 Å². The number of hydrogen-bond acceptors (Lipinski definition) is 3. The lowest BCUT2D eigenvalue weighted by atomic mass is 9.78. The van der Waals surface area contributed by atoms with Crippen molar-refractivity contribution < 1.29 is 31.1 Å². The molecule has 0 saturated heterocycles. The van der Waals surface area contributed by atoms with Gasteiger partial charge in [-0.25, -0.2) is 0 Å². The Morgan fingerprint density at radius 2 is 1.64 bits per heavy atom. The molecule has 1 fully saturated rings. The maximum absolute atomic E-state index is 12.9. The topological polar surface area (TPSA) is 83.8 Å². The summed E-state index contributed by atoms with van der Waals surface area (Å²) in [6, 6.07) is 2.62. The molecule has 0 aliphatic heterocycles. The highest BCUT2D eigenvalue weighted by atomic mass is 19.4. The van der Waals surface area contributed by atoms with Crippen LogP contribution in [0.5, 0.6) is 0 Å². The SMILES string of the molecule is Nc1cc(C2CC(NC(=O)Cc3cc(C(F)(F)F)cc(C(F)(F)F)c3)C2)[nH]n1. The molecule has 1 heterocycles. The number of alkyl halides is 6. The van der Waals surface area contributed by atoms with Crippen LogP contribution >= 0.6 is 0 Å². The van der Waals surface area contributed by atoms with E-state index in [9.17, 15) is 31.1 Å². The molecule has 0 bridgehead atoms. The Morgan fingerprint density at radius 3 is 2.11 bits per heavy atom. The van der Waals surface area contributed by atoms with Gasteiger partial charge in [0.15, 0.2) is 0 Å². The quantitative estimate of drug-likeness (QED) is 0.678. The first kappa shape index (κ1) is 20.0. The number of nitrogens with two attached hydrogens (primary N) is 1. The molecule has 3 rings (SSSR count). The number of anilines is 1. The van der Waals surface area contributed by atoms with Crippen molar-refractivity contribution in [1.82, 2.24) is 15.5 Å². The number of carbonyl (C=O) groups excluding carboxylic acids is 1. The highest BCUT2D eigenvalue weighted by Gasteiger charge is 2.37. The van der Waals surface area contributed by atoms with Crippen LogP contribution in [0.2, 0.25) is 0 Å². The lowest BCUT2D eigenvalue weighted by Crippen LogP contribution is -2.44. The summed E-state index contributed by atoms with van der Waals surface area (Å²) in [6.07, 6.45) is -9.32. The summed E-state index contributed by atoms with van der Waals surface area (Å²) in [4.78, 5) is 12.1. The molecule has 5 nitrogen and oxygen atoms in total. The van der Waals surface area contributed by atoms with Gasteiger partial charge in [0.1, 0.15) is 5.82 Å². The molecule has 1 aromatic carbocycles. The monoisotopic (exact) mass is 406 g/mol. The van der Waals surface area contributed by atoms with Gasteiger partial charge in [0, 0.05) is 23.7 Å². The van der Waals surface area contributed by atoms with Crippen molar-refractivity contribution in [2.24, 2.45) is 0 Å². The Kier molecular flexibility index (Phi) is 5.02. The van der Waals surface area contributed by atoms with Crippen LogP contribution in [0.25, 0.3) is 0 Å². The van der Waals surface area contributed by atoms with E-state index in [0.29, 0.717) is 30.8 Å². The van der Waals surface area contributed by atoms with Crippen LogP contribution in [0.3, 0.4) is 0 Å². The summed E-state index contributed by atoms with van der Waals surface area (Å²) in [5.74, 6) is -0.187. The molecular formula is C17H16F6N4O. The largest absolute Gasteiger partial charge is 0.416 e. The van der Waals surface area contributed by atoms with Crippen LogP contribution < -0.4 is 11.1 Å². The number of hydrogen-bond donors (Lipinski definition) is 3. The number of carbonyl (C=O) groups is 1. The van der Waals surface area contributed by atoms with E-state index in [1.54, 1.807) is 6.07 Å². The van der Waals surface area contributed by atoms with E-state index in [4.69, 9.17) is 5.73 Å². The van der Waals surface area contributed by atoms with Gasteiger partial charge in [-0.2, -0.15) is 31.4 Å². The molecule has 11 heteroatoms. The van der Waals surface area contributed by atoms with Crippen molar-refractivity contribution in [2.45, 2.75) is 43.6 Å². The van der Waals surface area contributed by atoms with Gasteiger partial charge in [-0.1, -0.05) is 0 Å². The maximum Gasteiger partial charge on any atom is 0.416 e. The molecule has 4 N–H and O–H groups in total. The summed E-state index contributed by atoms with van der Waals surface area (Å²) in [5, 5.41) is 9.18. The van der Waals surface area contributed by atoms with Crippen LogP contribution in [-0.2, 0) is 23.6 Å². The van der Waals surface area contributed by atoms with E-state index in [2.05, 4.69) is 15.5 Å². The first-order valence-corrected chi connectivity index (χ1v) is 8.30. The van der Waals surface area contributed by atoms with Crippen LogP contribution in [0, 0.1) is 0 Å². The first-order chi connectivity index (χ1) is 12.9. The third kappa shape index (κ3) is 4.57. The highest BCUT2D eigenvalue weighted by Crippen LogP contribution is 2.37. The number of benzene rings is 1. The zero-order chi connectivity index (χ0) is 20.7. The predicted octanol–water partition coefficient (Wildman–Crippen LogP) is 3.63. The minimum atomic E-state index is -4.94. The van der Waals surface area contributed by atoms with Crippen LogP contribution in [-0.4, -0.2) is 22.1 Å². The molecule has 1 amide bonds. The third-order valence-electron chi connectivity index (χ3n) is 4.57. The molecule has 0 atom stereocenters. The Morgan fingerprint density at radius 1 is 1.07 bits per heavy atom. The minimum absolute atomic E-state index is 0.0357. The normalized spacial score (nSPS) is 19.9. The number of nitrogens with one attached hydrogen (secondary N) is 2. The molecule has 1 aliphatic rings. The molecule has 1 aromatic heterocycles. The molecule has 1 saturated carbocycles. The third-order valence-corrected chi connectivity index (χ3v) is 4.57. The van der Waals surface area contributed by atoms with Crippen LogP contribution in [0.1, 0.15) is 41.1 Å². The standard InChI is InChI=1S/C17H16F6N4O/c18-16(19,20)10-1-8(2-11(6-10)17(21,22)23)3-15(28)25-12-4-9(5-12)13-7-14(24)27-26-13/h1-2,6-7,9,12H,3-5H2,(H,25,28)(H3,24,26,27). The van der Waals surface area contributed by atoms with Crippen molar-refractivity contribution in [3.63, 3.8) is 0 Å². The summed E-state index contributed by atoms with van der Waals surface area (Å²) in [6.45, 7) is 0. The lowest BCUT2D eigenvalue weighted by Gasteiger charge is -2.35. The first-order valence-electron chi connectivity index (χ1n) is 8.30. The van der Waals surface area contributed by atoms with E-state index in [1.165, 1.54) is 0 Å². The minimum Gasteiger partial charge on any atom is -0.382 e. The second kappa shape index (κ2) is 7.02. The maximum atomic E-state index is 12.9. The number of nitrogen functional groups attached to an aromatic ring is 1. The number of rotatable bonds is 4. The smallest absolute Gasteiger partial charge is 0.382 e. The fourth-order valence-electron chi connectivity index (χ4n) is 3.14. The fraction of sp³-hybridized carbons (Fsp3) is 0.412. The molecule has 0 unspecified atom stereocenters. The Balaban J connectivity index is 1.64. The van der Waals surface area contributed by atoms with Crippen molar-refractivity contribution in [3.8, 4) is 0 Å². The number of amides is 1. The van der Waals surface area contributed by atoms with Crippen molar-refractivity contribution >= 4 is 11.7 Å². The van der Waals surface area contributed by atoms with Crippen LogP contribution in [0.4, 0.5) is 32.2 Å². The van der Waals surface area contributed by atoms with E-state index in [-0.39, 0.29) is 23.6 Å². The second-order valence-electron chi connectivity index (χ2n) is 6.77. The molecular weight excluding hydrogens is 390 g/mol. The molecule has 152 valence electrons. The predicted molar refractivity (Wildman–Crippen MR) is 87.1 cm³/mol. The van der Waals surface area contributed by atoms with Crippen molar-refractivity contribution in [1.29, 1.82) is 0 Å². The zero-order valence-electron chi connectivity index (χ0n) is 14.3. The van der Waals surface area contributed by atoms with E-state index >= 15 is 0 Å². The summed E-state index contributed by atoms with van der Waals surface area (Å²) in [7, 11) is 0. The van der Waals surface area contributed by atoms with Gasteiger partial charge >= 0.3 is 12.4 Å². The molecule has 2 aromatic rings. The van der Waals surface area contributed by atoms with Crippen molar-refractivity contribution in [3.05, 3.63) is 46.6 Å². The summed E-state index contributed by atoms with van der Waals surface area (Å²) >= 11 is 0. The summed E-state index contributed by atoms with van der Waals surface area (Å²) < 4.78 is 77.2. The molecule has 0 radical (unpaired) electrons. The van der Waals surface area contributed by atoms with Crippen LogP contribution in [0.15, 0.2) is 24.3 Å². The highest BCUT2D eigenvalue weighted by molar-refractivity contribution is 5.79. The van der Waals surface area contributed by atoms with E-state index in [0.717, 1.165) is 5.69 Å². The number of halogens is 6. The summed E-state index contributed by atoms with van der Waals surface area (Å²) in [5.41, 5.74) is 3.10. The fourth-order valence-corrected chi connectivity index (χ4v) is 3.14. The Bertz CT molecular complexity index is 835. The molecule has 0 spiro atoms. The van der Waals surface area contributed by atoms with Gasteiger partial charge in [0.2, 0.25) is 5.91 Å². The molecule has 1 aliphatic carbocycles. The average Bonchev–Trinajstić information content (AvgIpc) is 2.94. The van der Waals surface area contributed by atoms with E-state index < -0.39 is 35.8 Å². The lowest BCUT2D eigenvalue weighted by molar-refractivity contribution is -0.143. The number of H-pyrrole nitrogens is 1.